The first-order valence-corrected chi connectivity index (χ1v) is 6.89. The summed E-state index contributed by atoms with van der Waals surface area (Å²) in [6.45, 7) is 1.22. The number of ether oxygens (including phenoxy) is 3. The number of hydrogen-bond donors (Lipinski definition) is 0. The number of halogens is 1. The fraction of sp³-hybridized carbons (Fsp3) is 0.500. The highest BCUT2D eigenvalue weighted by atomic mass is 79.9. The van der Waals surface area contributed by atoms with E-state index < -0.39 is 0 Å². The average molecular weight is 329 g/mol. The number of rotatable bonds is 5. The molecule has 1 aromatic rings. The van der Waals surface area contributed by atoms with Crippen molar-refractivity contribution in [1.29, 1.82) is 0 Å². The van der Waals surface area contributed by atoms with Crippen molar-refractivity contribution in [2.24, 2.45) is 0 Å². The first-order chi connectivity index (χ1) is 9.11. The Balaban J connectivity index is 2.25. The van der Waals surface area contributed by atoms with E-state index in [0.29, 0.717) is 26.1 Å². The minimum absolute atomic E-state index is 0.149. The van der Waals surface area contributed by atoms with E-state index in [-0.39, 0.29) is 11.4 Å². The summed E-state index contributed by atoms with van der Waals surface area (Å²) in [5.41, 5.74) is 0.933. The zero-order valence-electron chi connectivity index (χ0n) is 11.1. The number of esters is 1. The zero-order chi connectivity index (χ0) is 13.9. The van der Waals surface area contributed by atoms with Crippen LogP contribution < -0.4 is 4.74 Å². The Morgan fingerprint density at radius 3 is 2.68 bits per heavy atom. The van der Waals surface area contributed by atoms with Crippen LogP contribution in [-0.2, 0) is 19.7 Å². The van der Waals surface area contributed by atoms with Crippen molar-refractivity contribution in [2.45, 2.75) is 18.3 Å². The van der Waals surface area contributed by atoms with E-state index in [1.165, 1.54) is 7.11 Å². The maximum atomic E-state index is 11.3. The summed E-state index contributed by atoms with van der Waals surface area (Å²) in [5, 5.41) is 0. The third-order valence-corrected chi connectivity index (χ3v) is 4.02. The normalized spacial score (nSPS) is 16.6. The molecule has 0 aromatic heterocycles. The number of carbonyl (C=O) groups excluding carboxylic acids is 1. The third-order valence-electron chi connectivity index (χ3n) is 3.52. The molecule has 1 aliphatic rings. The van der Waals surface area contributed by atoms with Gasteiger partial charge in [0.05, 0.1) is 27.4 Å². The van der Waals surface area contributed by atoms with Gasteiger partial charge >= 0.3 is 5.97 Å². The molecule has 1 fully saturated rings. The molecule has 1 saturated heterocycles. The Hall–Kier alpha value is -1.07. The molecular weight excluding hydrogens is 312 g/mol. The molecule has 0 N–H and O–H groups in total. The van der Waals surface area contributed by atoms with Crippen LogP contribution in [0.25, 0.3) is 0 Å². The van der Waals surface area contributed by atoms with Gasteiger partial charge in [-0.1, -0.05) is 15.9 Å². The summed E-state index contributed by atoms with van der Waals surface area (Å²) in [5.74, 6) is 0.636. The van der Waals surface area contributed by atoms with Crippen LogP contribution in [0.5, 0.6) is 5.75 Å². The van der Waals surface area contributed by atoms with Gasteiger partial charge in [0.2, 0.25) is 0 Å². The van der Waals surface area contributed by atoms with E-state index in [9.17, 15) is 4.79 Å². The molecule has 19 heavy (non-hydrogen) atoms. The highest BCUT2D eigenvalue weighted by molar-refractivity contribution is 9.10. The second-order valence-electron chi connectivity index (χ2n) is 4.69. The molecule has 4 nitrogen and oxygen atoms in total. The van der Waals surface area contributed by atoms with Gasteiger partial charge in [-0.05, 0) is 24.6 Å². The lowest BCUT2D eigenvalue weighted by Gasteiger charge is -2.42. The van der Waals surface area contributed by atoms with Crippen LogP contribution in [0.1, 0.15) is 18.4 Å². The largest absolute Gasteiger partial charge is 0.496 e. The topological polar surface area (TPSA) is 44.8 Å². The molecule has 0 spiro atoms. The van der Waals surface area contributed by atoms with Gasteiger partial charge in [-0.2, -0.15) is 0 Å². The summed E-state index contributed by atoms with van der Waals surface area (Å²) in [6.07, 6.45) is 1.09. The maximum Gasteiger partial charge on any atom is 0.305 e. The Bertz CT molecular complexity index is 469. The molecule has 0 atom stereocenters. The van der Waals surface area contributed by atoms with Crippen molar-refractivity contribution in [1.82, 2.24) is 0 Å². The van der Waals surface area contributed by atoms with E-state index in [1.807, 2.05) is 18.2 Å². The molecule has 104 valence electrons. The Labute approximate surface area is 121 Å². The molecule has 0 aliphatic carbocycles. The quantitative estimate of drug-likeness (QED) is 0.779. The second kappa shape index (κ2) is 5.92. The average Bonchev–Trinajstić information content (AvgIpc) is 2.37. The minimum atomic E-state index is -0.194. The van der Waals surface area contributed by atoms with Gasteiger partial charge in [-0.15, -0.1) is 0 Å². The SMILES string of the molecule is COC(=O)CCC1(c2cc(Br)ccc2OC)COC1. The van der Waals surface area contributed by atoms with Crippen LogP contribution in [0, 0.1) is 0 Å². The lowest BCUT2D eigenvalue weighted by molar-refractivity contribution is -0.142. The second-order valence-corrected chi connectivity index (χ2v) is 5.61. The fourth-order valence-electron chi connectivity index (χ4n) is 2.32. The van der Waals surface area contributed by atoms with Crippen LogP contribution in [0.4, 0.5) is 0 Å². The standard InChI is InChI=1S/C14H17BrO4/c1-17-12-4-3-10(15)7-11(12)14(8-19-9-14)6-5-13(16)18-2/h3-4,7H,5-6,8-9H2,1-2H3. The van der Waals surface area contributed by atoms with Crippen molar-refractivity contribution in [2.75, 3.05) is 27.4 Å². The highest BCUT2D eigenvalue weighted by Gasteiger charge is 2.42. The van der Waals surface area contributed by atoms with E-state index in [4.69, 9.17) is 14.2 Å². The van der Waals surface area contributed by atoms with Crippen LogP contribution >= 0.6 is 15.9 Å². The predicted molar refractivity (Wildman–Crippen MR) is 74.4 cm³/mol. The Kier molecular flexibility index (Phi) is 4.47. The molecule has 1 aromatic carbocycles. The Morgan fingerprint density at radius 1 is 1.42 bits per heavy atom. The molecule has 0 amide bonds. The first kappa shape index (κ1) is 14.3. The summed E-state index contributed by atoms with van der Waals surface area (Å²) in [4.78, 5) is 11.3. The number of methoxy groups -OCH3 is 2. The Morgan fingerprint density at radius 2 is 2.16 bits per heavy atom. The summed E-state index contributed by atoms with van der Waals surface area (Å²) >= 11 is 3.48. The third kappa shape index (κ3) is 2.92. The van der Waals surface area contributed by atoms with Crippen molar-refractivity contribution in [3.63, 3.8) is 0 Å². The van der Waals surface area contributed by atoms with Gasteiger partial charge in [0.1, 0.15) is 5.75 Å². The van der Waals surface area contributed by atoms with E-state index in [0.717, 1.165) is 15.8 Å². The molecule has 0 radical (unpaired) electrons. The lowest BCUT2D eigenvalue weighted by Crippen LogP contribution is -2.47. The van der Waals surface area contributed by atoms with Crippen LogP contribution in [0.15, 0.2) is 22.7 Å². The van der Waals surface area contributed by atoms with Gasteiger partial charge in [0, 0.05) is 21.9 Å². The smallest absolute Gasteiger partial charge is 0.305 e. The van der Waals surface area contributed by atoms with Crippen LogP contribution in [0.3, 0.4) is 0 Å². The maximum absolute atomic E-state index is 11.3. The van der Waals surface area contributed by atoms with Gasteiger partial charge < -0.3 is 14.2 Å². The summed E-state index contributed by atoms with van der Waals surface area (Å²) in [6, 6.07) is 5.91. The van der Waals surface area contributed by atoms with Gasteiger partial charge in [-0.3, -0.25) is 4.79 Å². The predicted octanol–water partition coefficient (Wildman–Crippen LogP) is 2.68. The minimum Gasteiger partial charge on any atom is -0.496 e. The molecule has 1 aliphatic heterocycles. The first-order valence-electron chi connectivity index (χ1n) is 6.10. The highest BCUT2D eigenvalue weighted by Crippen LogP contribution is 2.42. The molecule has 1 heterocycles. The summed E-state index contributed by atoms with van der Waals surface area (Å²) in [7, 11) is 3.06. The van der Waals surface area contributed by atoms with Gasteiger partial charge in [0.15, 0.2) is 0 Å². The molecule has 2 rings (SSSR count). The molecule has 0 unspecified atom stereocenters. The van der Waals surface area contributed by atoms with Crippen LogP contribution in [0.2, 0.25) is 0 Å². The molecule has 0 bridgehead atoms. The van der Waals surface area contributed by atoms with Gasteiger partial charge in [0.25, 0.3) is 0 Å². The molecule has 0 saturated carbocycles. The fourth-order valence-corrected chi connectivity index (χ4v) is 2.68. The van der Waals surface area contributed by atoms with Crippen molar-refractivity contribution >= 4 is 21.9 Å². The van der Waals surface area contributed by atoms with E-state index in [2.05, 4.69) is 15.9 Å². The van der Waals surface area contributed by atoms with Crippen LogP contribution in [-0.4, -0.2) is 33.4 Å². The lowest BCUT2D eigenvalue weighted by atomic mass is 9.74. The molecular formula is C14H17BrO4. The van der Waals surface area contributed by atoms with Crippen molar-refractivity contribution < 1.29 is 19.0 Å². The summed E-state index contributed by atoms with van der Waals surface area (Å²) < 4.78 is 16.5. The van der Waals surface area contributed by atoms with E-state index >= 15 is 0 Å². The van der Waals surface area contributed by atoms with E-state index in [1.54, 1.807) is 7.11 Å². The number of benzene rings is 1. The zero-order valence-corrected chi connectivity index (χ0v) is 12.7. The van der Waals surface area contributed by atoms with Crippen molar-refractivity contribution in [3.05, 3.63) is 28.2 Å². The molecule has 5 heteroatoms. The monoisotopic (exact) mass is 328 g/mol. The van der Waals surface area contributed by atoms with Crippen molar-refractivity contribution in [3.8, 4) is 5.75 Å². The van der Waals surface area contributed by atoms with Gasteiger partial charge in [-0.25, -0.2) is 0 Å². The number of hydrogen-bond acceptors (Lipinski definition) is 4. The number of carbonyl (C=O) groups is 1.